The summed E-state index contributed by atoms with van der Waals surface area (Å²) in [7, 11) is 0. The van der Waals surface area contributed by atoms with Crippen molar-refractivity contribution in [2.45, 2.75) is 37.8 Å². The second-order valence-corrected chi connectivity index (χ2v) is 5.14. The minimum absolute atomic E-state index is 0.263. The third-order valence-corrected chi connectivity index (χ3v) is 3.51. The highest BCUT2D eigenvalue weighted by Crippen LogP contribution is 2.15. The molecular formula is C13H21N3O6. The Labute approximate surface area is 127 Å². The standard InChI is InChI=1S/C13H21N3O6/c14-6-8(17)7-16(12(20)9-2-1-5-15-9)10(13(21)22)3-4-11(18)19/h9-10,15H,1-7,14H2,(H,18,19)(H,21,22)/t9-,10-/m0/s1. The second kappa shape index (κ2) is 8.44. The fourth-order valence-electron chi connectivity index (χ4n) is 2.36. The van der Waals surface area contributed by atoms with Crippen LogP contribution in [0.5, 0.6) is 0 Å². The van der Waals surface area contributed by atoms with Crippen molar-refractivity contribution in [2.75, 3.05) is 19.6 Å². The van der Waals surface area contributed by atoms with Crippen LogP contribution < -0.4 is 11.1 Å². The summed E-state index contributed by atoms with van der Waals surface area (Å²) in [5, 5.41) is 20.9. The van der Waals surface area contributed by atoms with E-state index in [1.54, 1.807) is 0 Å². The van der Waals surface area contributed by atoms with E-state index in [0.717, 1.165) is 11.3 Å². The number of rotatable bonds is 9. The number of hydrogen-bond donors (Lipinski definition) is 4. The van der Waals surface area contributed by atoms with Gasteiger partial charge in [0, 0.05) is 6.42 Å². The maximum Gasteiger partial charge on any atom is 0.326 e. The van der Waals surface area contributed by atoms with Gasteiger partial charge in [0.05, 0.1) is 19.1 Å². The van der Waals surface area contributed by atoms with Crippen LogP contribution in [0.2, 0.25) is 0 Å². The summed E-state index contributed by atoms with van der Waals surface area (Å²) in [4.78, 5) is 47.0. The van der Waals surface area contributed by atoms with E-state index < -0.39 is 48.7 Å². The number of nitrogens with one attached hydrogen (secondary N) is 1. The van der Waals surface area contributed by atoms with E-state index in [4.69, 9.17) is 10.8 Å². The molecule has 0 unspecified atom stereocenters. The monoisotopic (exact) mass is 315 g/mol. The molecule has 0 bridgehead atoms. The Hall–Kier alpha value is -2.00. The lowest BCUT2D eigenvalue weighted by molar-refractivity contribution is -0.153. The van der Waals surface area contributed by atoms with Gasteiger partial charge in [0.2, 0.25) is 5.91 Å². The van der Waals surface area contributed by atoms with Crippen LogP contribution in [-0.2, 0) is 19.2 Å². The molecule has 1 saturated heterocycles. The van der Waals surface area contributed by atoms with E-state index >= 15 is 0 Å². The maximum absolute atomic E-state index is 12.4. The first kappa shape index (κ1) is 18.1. The maximum atomic E-state index is 12.4. The Bertz CT molecular complexity index is 447. The minimum atomic E-state index is -1.36. The lowest BCUT2D eigenvalue weighted by atomic mass is 10.1. The summed E-state index contributed by atoms with van der Waals surface area (Å²) in [6.07, 6.45) is 0.663. The van der Waals surface area contributed by atoms with Crippen molar-refractivity contribution < 1.29 is 29.4 Å². The van der Waals surface area contributed by atoms with Crippen molar-refractivity contribution in [3.05, 3.63) is 0 Å². The molecule has 0 saturated carbocycles. The molecule has 5 N–H and O–H groups in total. The van der Waals surface area contributed by atoms with Crippen LogP contribution in [0.25, 0.3) is 0 Å². The van der Waals surface area contributed by atoms with E-state index in [1.807, 2.05) is 0 Å². The molecular weight excluding hydrogens is 294 g/mol. The summed E-state index contributed by atoms with van der Waals surface area (Å²) >= 11 is 0. The van der Waals surface area contributed by atoms with Gasteiger partial charge in [-0.15, -0.1) is 0 Å². The molecule has 124 valence electrons. The number of amides is 1. The smallest absolute Gasteiger partial charge is 0.326 e. The summed E-state index contributed by atoms with van der Waals surface area (Å²) in [6.45, 7) is -0.0980. The zero-order valence-electron chi connectivity index (χ0n) is 12.2. The zero-order chi connectivity index (χ0) is 16.7. The van der Waals surface area contributed by atoms with Gasteiger partial charge in [-0.05, 0) is 25.8 Å². The Balaban J connectivity index is 2.92. The van der Waals surface area contributed by atoms with Crippen LogP contribution >= 0.6 is 0 Å². The van der Waals surface area contributed by atoms with Crippen LogP contribution in [0, 0.1) is 0 Å². The van der Waals surface area contributed by atoms with Crippen LogP contribution in [0.3, 0.4) is 0 Å². The van der Waals surface area contributed by atoms with Crippen LogP contribution in [0.1, 0.15) is 25.7 Å². The molecule has 0 radical (unpaired) electrons. The van der Waals surface area contributed by atoms with E-state index in [0.29, 0.717) is 13.0 Å². The molecule has 1 amide bonds. The highest BCUT2D eigenvalue weighted by atomic mass is 16.4. The zero-order valence-corrected chi connectivity index (χ0v) is 12.2. The average molecular weight is 315 g/mol. The van der Waals surface area contributed by atoms with Gasteiger partial charge >= 0.3 is 11.9 Å². The van der Waals surface area contributed by atoms with E-state index in [2.05, 4.69) is 5.32 Å². The first-order valence-electron chi connectivity index (χ1n) is 7.07. The number of carbonyl (C=O) groups is 4. The number of nitrogens with zero attached hydrogens (tertiary/aromatic N) is 1. The third kappa shape index (κ3) is 5.08. The molecule has 0 aromatic rings. The molecule has 9 nitrogen and oxygen atoms in total. The molecule has 0 aromatic carbocycles. The Morgan fingerprint density at radius 1 is 1.27 bits per heavy atom. The fourth-order valence-corrected chi connectivity index (χ4v) is 2.36. The molecule has 1 aliphatic heterocycles. The topological polar surface area (TPSA) is 150 Å². The number of aliphatic carboxylic acids is 2. The van der Waals surface area contributed by atoms with Crippen molar-refractivity contribution in [1.29, 1.82) is 0 Å². The first-order valence-corrected chi connectivity index (χ1v) is 7.07. The Kier molecular flexibility index (Phi) is 6.93. The molecule has 9 heteroatoms. The van der Waals surface area contributed by atoms with Crippen LogP contribution in [0.15, 0.2) is 0 Å². The number of Topliss-reactive ketones (excluding diaryl/α,β-unsaturated/α-hetero) is 1. The van der Waals surface area contributed by atoms with E-state index in [9.17, 15) is 24.3 Å². The summed E-state index contributed by atoms with van der Waals surface area (Å²) in [6, 6.07) is -1.90. The molecule has 0 aliphatic carbocycles. The molecule has 0 aromatic heterocycles. The van der Waals surface area contributed by atoms with Crippen molar-refractivity contribution >= 4 is 23.6 Å². The van der Waals surface area contributed by atoms with Crippen molar-refractivity contribution in [2.24, 2.45) is 5.73 Å². The predicted octanol–water partition coefficient (Wildman–Crippen LogP) is -1.59. The van der Waals surface area contributed by atoms with Gasteiger partial charge in [-0.1, -0.05) is 0 Å². The third-order valence-electron chi connectivity index (χ3n) is 3.51. The molecule has 1 aliphatic rings. The highest BCUT2D eigenvalue weighted by molar-refractivity contribution is 5.92. The van der Waals surface area contributed by atoms with Gasteiger partial charge in [0.15, 0.2) is 5.78 Å². The van der Waals surface area contributed by atoms with E-state index in [-0.39, 0.29) is 13.0 Å². The Morgan fingerprint density at radius 2 is 1.95 bits per heavy atom. The summed E-state index contributed by atoms with van der Waals surface area (Å²) < 4.78 is 0. The van der Waals surface area contributed by atoms with Crippen LogP contribution in [-0.4, -0.2) is 70.5 Å². The summed E-state index contributed by atoms with van der Waals surface area (Å²) in [5.74, 6) is -3.48. The number of carboxylic acids is 2. The fraction of sp³-hybridized carbons (Fsp3) is 0.692. The van der Waals surface area contributed by atoms with Gasteiger partial charge in [-0.2, -0.15) is 0 Å². The van der Waals surface area contributed by atoms with Gasteiger partial charge in [-0.25, -0.2) is 4.79 Å². The largest absolute Gasteiger partial charge is 0.481 e. The average Bonchev–Trinajstić information content (AvgIpc) is 2.98. The lowest BCUT2D eigenvalue weighted by Gasteiger charge is -2.30. The minimum Gasteiger partial charge on any atom is -0.481 e. The van der Waals surface area contributed by atoms with Crippen LogP contribution in [0.4, 0.5) is 0 Å². The SMILES string of the molecule is NCC(=O)CN(C(=O)[C@@H]1CCCN1)[C@@H](CCC(=O)O)C(=O)O. The molecule has 22 heavy (non-hydrogen) atoms. The molecule has 2 atom stereocenters. The van der Waals surface area contributed by atoms with Gasteiger partial charge in [0.1, 0.15) is 6.04 Å². The quantitative estimate of drug-likeness (QED) is 0.398. The first-order chi connectivity index (χ1) is 10.4. The lowest BCUT2D eigenvalue weighted by Crippen LogP contribution is -2.53. The molecule has 1 fully saturated rings. The molecule has 1 rings (SSSR count). The number of ketones is 1. The van der Waals surface area contributed by atoms with Gasteiger partial charge in [0.25, 0.3) is 0 Å². The summed E-state index contributed by atoms with van der Waals surface area (Å²) in [5.41, 5.74) is 5.23. The van der Waals surface area contributed by atoms with E-state index in [1.165, 1.54) is 0 Å². The van der Waals surface area contributed by atoms with Crippen molar-refractivity contribution in [3.63, 3.8) is 0 Å². The number of carboxylic acid groups (broad SMARTS) is 2. The molecule has 0 spiro atoms. The Morgan fingerprint density at radius 3 is 2.41 bits per heavy atom. The number of hydrogen-bond acceptors (Lipinski definition) is 6. The van der Waals surface area contributed by atoms with Crippen molar-refractivity contribution in [1.82, 2.24) is 10.2 Å². The predicted molar refractivity (Wildman–Crippen MR) is 75.1 cm³/mol. The highest BCUT2D eigenvalue weighted by Gasteiger charge is 2.35. The second-order valence-electron chi connectivity index (χ2n) is 5.14. The molecule has 1 heterocycles. The number of nitrogens with two attached hydrogens (primary N) is 1. The van der Waals surface area contributed by atoms with Gasteiger partial charge < -0.3 is 26.2 Å². The normalized spacial score (nSPS) is 18.7. The van der Waals surface area contributed by atoms with Gasteiger partial charge in [-0.3, -0.25) is 14.4 Å². The number of carbonyl (C=O) groups excluding carboxylic acids is 2. The van der Waals surface area contributed by atoms with Crippen molar-refractivity contribution in [3.8, 4) is 0 Å².